The number of aromatic nitrogens is 2. The minimum Gasteiger partial charge on any atom is -0.508 e. The van der Waals surface area contributed by atoms with E-state index in [1.54, 1.807) is 63.4 Å². The number of ether oxygens (including phenoxy) is 2. The molecule has 5 aromatic rings. The van der Waals surface area contributed by atoms with Crippen LogP contribution < -0.4 is 21.6 Å². The van der Waals surface area contributed by atoms with E-state index in [4.69, 9.17) is 25.4 Å². The first-order valence-corrected chi connectivity index (χ1v) is 17.2. The highest BCUT2D eigenvalue weighted by Gasteiger charge is 2.48. The largest absolute Gasteiger partial charge is 0.508 e. The van der Waals surface area contributed by atoms with E-state index in [1.807, 2.05) is 6.07 Å². The Bertz CT molecular complexity index is 2250. The van der Waals surface area contributed by atoms with Crippen LogP contribution in [-0.2, 0) is 29.0 Å². The van der Waals surface area contributed by atoms with Gasteiger partial charge in [0.25, 0.3) is 0 Å². The molecule has 6 rings (SSSR count). The molecular formula is C40H42N4O9. The minimum atomic E-state index is -1.25. The molecule has 13 nitrogen and oxygen atoms in total. The first kappa shape index (κ1) is 36.9. The third kappa shape index (κ3) is 7.26. The topological polar surface area (TPSA) is 224 Å². The van der Waals surface area contributed by atoms with Gasteiger partial charge in [0, 0.05) is 53.4 Å². The van der Waals surface area contributed by atoms with Gasteiger partial charge in [-0.25, -0.2) is 14.8 Å². The molecule has 0 aliphatic carbocycles. The fraction of sp³-hybridized carbons (Fsp3) is 0.300. The average molecular weight is 723 g/mol. The molecule has 276 valence electrons. The number of anilines is 2. The number of fused-ring (bicyclic) bond motifs is 2. The maximum absolute atomic E-state index is 13.8. The Labute approximate surface area is 305 Å². The van der Waals surface area contributed by atoms with Gasteiger partial charge in [0.05, 0.1) is 6.61 Å². The number of allylic oxidation sites excluding steroid dienone is 1. The van der Waals surface area contributed by atoms with Crippen LogP contribution in [0.25, 0.3) is 11.0 Å². The number of aryl methyl sites for hydroxylation is 1. The number of rotatable bonds is 11. The highest BCUT2D eigenvalue weighted by Crippen LogP contribution is 2.53. The van der Waals surface area contributed by atoms with Crippen molar-refractivity contribution < 1.29 is 39.1 Å². The van der Waals surface area contributed by atoms with E-state index in [0.717, 1.165) is 11.6 Å². The second-order valence-electron chi connectivity index (χ2n) is 13.5. The van der Waals surface area contributed by atoms with Crippen molar-refractivity contribution in [2.24, 2.45) is 0 Å². The van der Waals surface area contributed by atoms with Gasteiger partial charge >= 0.3 is 5.97 Å². The van der Waals surface area contributed by atoms with Gasteiger partial charge < -0.3 is 45.8 Å². The van der Waals surface area contributed by atoms with Crippen LogP contribution in [0.15, 0.2) is 87.9 Å². The number of hydrogen-bond acceptors (Lipinski definition) is 13. The van der Waals surface area contributed by atoms with E-state index in [2.05, 4.69) is 9.97 Å². The second kappa shape index (κ2) is 15.0. The summed E-state index contributed by atoms with van der Waals surface area (Å²) in [5.41, 5.74) is 12.8. The van der Waals surface area contributed by atoms with Crippen molar-refractivity contribution in [2.45, 2.75) is 70.2 Å². The molecule has 53 heavy (non-hydrogen) atoms. The number of phenols is 2. The SMILES string of the molecule is C/C=C(/C)C(=O)O[C@@H]1Cc2c(c([C@@H](c3ccnc(N)c3)[C@H](CO)c3cccc(O)c3)c3oc(CO)cc(=O)c3c2O)O[C@@]1(C)CCc1ccc(N)nc1. The number of esters is 1. The predicted molar refractivity (Wildman–Crippen MR) is 198 cm³/mol. The number of nitrogens with zero attached hydrogens (tertiary/aromatic N) is 2. The number of phenolic OH excluding ortho intramolecular Hbond substituents is 2. The molecule has 0 radical (unpaired) electrons. The van der Waals surface area contributed by atoms with Crippen molar-refractivity contribution in [2.75, 3.05) is 18.1 Å². The standard InChI is InChI=1S/C40H42N4O9/c1-4-21(2)39(50)52-30-17-27-36(49)34-29(48)16-26(19-45)51-38(34)35(37(27)53-40(30,3)12-10-22-8-9-31(41)44-18-22)33(24-11-13-43-32(42)15-24)28(20-46)23-6-5-7-25(47)14-23/h4-9,11,13-16,18,28,30,33,45-47,49H,10,12,17,19-20H2,1-3H3,(H2,41,44)(H2,42,43)/b21-4-/t28-,30-,33+,40+/m1/s1. The molecule has 0 saturated heterocycles. The Morgan fingerprint density at radius 1 is 1.08 bits per heavy atom. The van der Waals surface area contributed by atoms with E-state index in [-0.39, 0.29) is 51.6 Å². The van der Waals surface area contributed by atoms with Crippen molar-refractivity contribution in [3.05, 3.63) is 122 Å². The number of carbonyl (C=O) groups excluding carboxylic acids is 1. The highest BCUT2D eigenvalue weighted by molar-refractivity contribution is 5.92. The molecule has 1 aliphatic heterocycles. The van der Waals surface area contributed by atoms with E-state index in [1.165, 1.54) is 18.3 Å². The van der Waals surface area contributed by atoms with Gasteiger partial charge in [-0.2, -0.15) is 0 Å². The van der Waals surface area contributed by atoms with E-state index < -0.39 is 53.9 Å². The fourth-order valence-electron chi connectivity index (χ4n) is 6.96. The van der Waals surface area contributed by atoms with Crippen LogP contribution in [0, 0.1) is 0 Å². The zero-order valence-electron chi connectivity index (χ0n) is 29.6. The molecule has 2 aromatic carbocycles. The van der Waals surface area contributed by atoms with Crippen LogP contribution >= 0.6 is 0 Å². The first-order chi connectivity index (χ1) is 25.4. The summed E-state index contributed by atoms with van der Waals surface area (Å²) in [5.74, 6) is -2.17. The van der Waals surface area contributed by atoms with Gasteiger partial charge in [0.1, 0.15) is 63.9 Å². The van der Waals surface area contributed by atoms with Crippen LogP contribution in [0.2, 0.25) is 0 Å². The van der Waals surface area contributed by atoms with Crippen molar-refractivity contribution in [3.8, 4) is 17.2 Å². The van der Waals surface area contributed by atoms with Crippen molar-refractivity contribution >= 4 is 28.6 Å². The predicted octanol–water partition coefficient (Wildman–Crippen LogP) is 4.76. The lowest BCUT2D eigenvalue weighted by atomic mass is 9.74. The summed E-state index contributed by atoms with van der Waals surface area (Å²) >= 11 is 0. The van der Waals surface area contributed by atoms with Crippen molar-refractivity contribution in [1.82, 2.24) is 9.97 Å². The Morgan fingerprint density at radius 2 is 1.87 bits per heavy atom. The first-order valence-electron chi connectivity index (χ1n) is 17.2. The third-order valence-electron chi connectivity index (χ3n) is 9.98. The fourth-order valence-corrected chi connectivity index (χ4v) is 6.96. The van der Waals surface area contributed by atoms with Gasteiger partial charge in [-0.05, 0) is 80.6 Å². The average Bonchev–Trinajstić information content (AvgIpc) is 3.14. The molecular weight excluding hydrogens is 680 g/mol. The normalized spacial score (nSPS) is 18.2. The second-order valence-corrected chi connectivity index (χ2v) is 13.5. The minimum absolute atomic E-state index is 0.0392. The molecule has 3 aromatic heterocycles. The van der Waals surface area contributed by atoms with Gasteiger partial charge in [-0.3, -0.25) is 4.79 Å². The molecule has 0 spiro atoms. The zero-order chi connectivity index (χ0) is 38.0. The van der Waals surface area contributed by atoms with Crippen LogP contribution in [-0.4, -0.2) is 54.7 Å². The van der Waals surface area contributed by atoms with Crippen LogP contribution in [0.5, 0.6) is 17.2 Å². The monoisotopic (exact) mass is 722 g/mol. The van der Waals surface area contributed by atoms with Crippen LogP contribution in [0.3, 0.4) is 0 Å². The van der Waals surface area contributed by atoms with E-state index in [0.29, 0.717) is 35.4 Å². The van der Waals surface area contributed by atoms with E-state index in [9.17, 15) is 30.0 Å². The number of aliphatic hydroxyl groups is 2. The van der Waals surface area contributed by atoms with Gasteiger partial charge in [0.15, 0.2) is 5.43 Å². The molecule has 0 amide bonds. The van der Waals surface area contributed by atoms with Crippen LogP contribution in [0.4, 0.5) is 11.6 Å². The summed E-state index contributed by atoms with van der Waals surface area (Å²) in [6.45, 7) is 4.07. The van der Waals surface area contributed by atoms with Crippen molar-refractivity contribution in [1.29, 1.82) is 0 Å². The Kier molecular flexibility index (Phi) is 10.4. The Hall–Kier alpha value is -5.92. The molecule has 4 heterocycles. The molecule has 8 N–H and O–H groups in total. The summed E-state index contributed by atoms with van der Waals surface area (Å²) in [6.07, 6.45) is 4.50. The number of nitrogens with two attached hydrogens (primary N) is 2. The summed E-state index contributed by atoms with van der Waals surface area (Å²) in [6, 6.07) is 14.4. The summed E-state index contributed by atoms with van der Waals surface area (Å²) < 4.78 is 19.3. The summed E-state index contributed by atoms with van der Waals surface area (Å²) in [5, 5.41) is 43.5. The molecule has 0 bridgehead atoms. The maximum atomic E-state index is 13.8. The smallest absolute Gasteiger partial charge is 0.333 e. The zero-order valence-corrected chi connectivity index (χ0v) is 29.6. The molecule has 0 saturated carbocycles. The summed E-state index contributed by atoms with van der Waals surface area (Å²) in [4.78, 5) is 35.5. The quantitative estimate of drug-likeness (QED) is 0.0800. The van der Waals surface area contributed by atoms with E-state index >= 15 is 0 Å². The molecule has 0 fully saturated rings. The number of aromatic hydroxyl groups is 2. The van der Waals surface area contributed by atoms with Gasteiger partial charge in [-0.15, -0.1) is 0 Å². The molecule has 4 atom stereocenters. The molecule has 0 unspecified atom stereocenters. The number of benzene rings is 2. The summed E-state index contributed by atoms with van der Waals surface area (Å²) in [7, 11) is 0. The number of aliphatic hydroxyl groups excluding tert-OH is 2. The molecule has 13 heteroatoms. The number of nitrogen functional groups attached to an aromatic ring is 2. The van der Waals surface area contributed by atoms with Crippen molar-refractivity contribution in [3.63, 3.8) is 0 Å². The Balaban J connectivity index is 1.66. The lowest BCUT2D eigenvalue weighted by Gasteiger charge is -2.44. The highest BCUT2D eigenvalue weighted by atomic mass is 16.6. The number of hydrogen-bond donors (Lipinski definition) is 6. The van der Waals surface area contributed by atoms with Gasteiger partial charge in [0.2, 0.25) is 0 Å². The Morgan fingerprint density at radius 3 is 2.53 bits per heavy atom. The third-order valence-corrected chi connectivity index (χ3v) is 9.98. The van der Waals surface area contributed by atoms with Gasteiger partial charge in [-0.1, -0.05) is 24.3 Å². The number of carbonyl (C=O) groups is 1. The maximum Gasteiger partial charge on any atom is 0.333 e. The lowest BCUT2D eigenvalue weighted by molar-refractivity contribution is -0.158. The van der Waals surface area contributed by atoms with Crippen LogP contribution in [0.1, 0.15) is 72.6 Å². The number of pyridine rings is 2. The lowest BCUT2D eigenvalue weighted by Crippen LogP contribution is -2.52. The molecule has 1 aliphatic rings.